The van der Waals surface area contributed by atoms with Crippen molar-refractivity contribution in [3.63, 3.8) is 0 Å². The van der Waals surface area contributed by atoms with E-state index in [0.29, 0.717) is 34.2 Å². The van der Waals surface area contributed by atoms with E-state index < -0.39 is 9.84 Å². The molecule has 8 heteroatoms. The van der Waals surface area contributed by atoms with Gasteiger partial charge >= 0.3 is 0 Å². The second-order valence-electron chi connectivity index (χ2n) is 7.64. The van der Waals surface area contributed by atoms with Gasteiger partial charge in [-0.3, -0.25) is 0 Å². The van der Waals surface area contributed by atoms with Gasteiger partial charge in [-0.05, 0) is 55.0 Å². The number of benzene rings is 3. The molecule has 1 aromatic heterocycles. The maximum Gasteiger partial charge on any atom is 0.216 e. The second kappa shape index (κ2) is 10.6. The van der Waals surface area contributed by atoms with Crippen LogP contribution in [0.3, 0.4) is 0 Å². The predicted molar refractivity (Wildman–Crippen MR) is 137 cm³/mol. The number of nitrogens with zero attached hydrogens (tertiary/aromatic N) is 3. The van der Waals surface area contributed by atoms with Gasteiger partial charge in [0, 0.05) is 17.3 Å². The first-order valence-electron chi connectivity index (χ1n) is 10.9. The van der Waals surface area contributed by atoms with Crippen LogP contribution in [-0.2, 0) is 9.84 Å². The maximum atomic E-state index is 13.1. The van der Waals surface area contributed by atoms with E-state index in [1.165, 1.54) is 18.2 Å². The number of rotatable bonds is 8. The molecular weight excluding hydrogens is 482 g/mol. The van der Waals surface area contributed by atoms with Crippen molar-refractivity contribution >= 4 is 27.5 Å². The van der Waals surface area contributed by atoms with Crippen LogP contribution in [0.2, 0.25) is 5.02 Å². The Morgan fingerprint density at radius 1 is 1.09 bits per heavy atom. The Morgan fingerprint density at radius 3 is 2.40 bits per heavy atom. The molecule has 4 rings (SSSR count). The fourth-order valence-electron chi connectivity index (χ4n) is 3.45. The summed E-state index contributed by atoms with van der Waals surface area (Å²) in [6.07, 6.45) is 3.89. The third-order valence-electron chi connectivity index (χ3n) is 5.17. The molecule has 0 unspecified atom stereocenters. The van der Waals surface area contributed by atoms with Crippen LogP contribution >= 0.6 is 11.6 Å². The zero-order valence-electron chi connectivity index (χ0n) is 18.9. The number of hydrogen-bond acceptors (Lipinski definition) is 5. The van der Waals surface area contributed by atoms with Crippen LogP contribution in [0.15, 0.2) is 94.9 Å². The number of aromatic nitrogens is 2. The Morgan fingerprint density at radius 2 is 1.77 bits per heavy atom. The Hall–Kier alpha value is -3.86. The van der Waals surface area contributed by atoms with Crippen LogP contribution in [0, 0.1) is 11.3 Å². The second-order valence-corrected chi connectivity index (χ2v) is 9.97. The van der Waals surface area contributed by atoms with Gasteiger partial charge < -0.3 is 4.74 Å². The smallest absolute Gasteiger partial charge is 0.216 e. The number of halogens is 1. The van der Waals surface area contributed by atoms with Crippen molar-refractivity contribution in [2.75, 3.05) is 6.61 Å². The van der Waals surface area contributed by atoms with E-state index in [4.69, 9.17) is 21.4 Å². The largest absolute Gasteiger partial charge is 0.492 e. The minimum absolute atomic E-state index is 0.0465. The molecule has 0 amide bonds. The van der Waals surface area contributed by atoms with Crippen molar-refractivity contribution in [2.24, 2.45) is 0 Å². The van der Waals surface area contributed by atoms with Crippen molar-refractivity contribution in [3.05, 3.63) is 101 Å². The molecule has 176 valence electrons. The molecule has 0 saturated heterocycles. The highest BCUT2D eigenvalue weighted by Crippen LogP contribution is 2.33. The van der Waals surface area contributed by atoms with E-state index in [-0.39, 0.29) is 9.80 Å². The molecule has 4 aromatic rings. The lowest BCUT2D eigenvalue weighted by molar-refractivity contribution is 0.317. The van der Waals surface area contributed by atoms with Gasteiger partial charge in [-0.25, -0.2) is 13.1 Å². The minimum Gasteiger partial charge on any atom is -0.492 e. The van der Waals surface area contributed by atoms with E-state index in [1.54, 1.807) is 41.2 Å². The summed E-state index contributed by atoms with van der Waals surface area (Å²) in [5.41, 5.74) is 2.39. The summed E-state index contributed by atoms with van der Waals surface area (Å²) in [5, 5.41) is 14.9. The first-order valence-corrected chi connectivity index (χ1v) is 12.8. The SMILES string of the molecule is CCCOc1ccc(-c2nn(-c3ccccc3)cc2C=C(C#N)S(=O)(=O)c2ccccc2)cc1Cl. The molecule has 0 aliphatic rings. The summed E-state index contributed by atoms with van der Waals surface area (Å²) in [6.45, 7) is 2.55. The predicted octanol–water partition coefficient (Wildman–Crippen LogP) is 6.32. The third kappa shape index (κ3) is 5.29. The summed E-state index contributed by atoms with van der Waals surface area (Å²) < 4.78 is 33.6. The average molecular weight is 504 g/mol. The van der Waals surface area contributed by atoms with Gasteiger partial charge in [0.05, 0.1) is 22.2 Å². The molecule has 3 aromatic carbocycles. The molecule has 6 nitrogen and oxygen atoms in total. The van der Waals surface area contributed by atoms with E-state index in [1.807, 2.05) is 49.4 Å². The molecule has 0 aliphatic heterocycles. The third-order valence-corrected chi connectivity index (χ3v) is 7.15. The first-order chi connectivity index (χ1) is 16.9. The van der Waals surface area contributed by atoms with Gasteiger partial charge in [-0.1, -0.05) is 54.9 Å². The Kier molecular flexibility index (Phi) is 7.35. The molecular formula is C27H22ClN3O3S. The van der Waals surface area contributed by atoms with E-state index in [9.17, 15) is 13.7 Å². The van der Waals surface area contributed by atoms with Gasteiger partial charge in [0.15, 0.2) is 0 Å². The van der Waals surface area contributed by atoms with Gasteiger partial charge in [0.1, 0.15) is 22.4 Å². The lowest BCUT2D eigenvalue weighted by Crippen LogP contribution is -2.03. The topological polar surface area (TPSA) is 85.0 Å². The summed E-state index contributed by atoms with van der Waals surface area (Å²) in [4.78, 5) is -0.336. The Bertz CT molecular complexity index is 1510. The lowest BCUT2D eigenvalue weighted by Gasteiger charge is -2.08. The number of para-hydroxylation sites is 1. The lowest BCUT2D eigenvalue weighted by atomic mass is 10.1. The van der Waals surface area contributed by atoms with Crippen molar-refractivity contribution in [1.82, 2.24) is 9.78 Å². The zero-order chi connectivity index (χ0) is 24.8. The van der Waals surface area contributed by atoms with Gasteiger partial charge in [-0.2, -0.15) is 10.4 Å². The quantitative estimate of drug-likeness (QED) is 0.263. The van der Waals surface area contributed by atoms with Crippen molar-refractivity contribution < 1.29 is 13.2 Å². The number of hydrogen-bond donors (Lipinski definition) is 0. The van der Waals surface area contributed by atoms with Crippen LogP contribution in [-0.4, -0.2) is 24.8 Å². The molecule has 1 heterocycles. The Labute approximate surface area is 209 Å². The number of ether oxygens (including phenoxy) is 1. The zero-order valence-corrected chi connectivity index (χ0v) is 20.5. The van der Waals surface area contributed by atoms with E-state index in [2.05, 4.69) is 0 Å². The van der Waals surface area contributed by atoms with Gasteiger partial charge in [0.2, 0.25) is 9.84 Å². The molecule has 0 spiro atoms. The number of nitriles is 1. The van der Waals surface area contributed by atoms with Gasteiger partial charge in [0.25, 0.3) is 0 Å². The molecule has 0 atom stereocenters. The summed E-state index contributed by atoms with van der Waals surface area (Å²) in [5.74, 6) is 0.557. The molecule has 0 fully saturated rings. The normalized spacial score (nSPS) is 11.7. The highest BCUT2D eigenvalue weighted by atomic mass is 35.5. The van der Waals surface area contributed by atoms with Crippen molar-refractivity contribution in [1.29, 1.82) is 5.26 Å². The summed E-state index contributed by atoms with van der Waals surface area (Å²) in [7, 11) is -4.01. The minimum atomic E-state index is -4.01. The molecule has 0 radical (unpaired) electrons. The molecule has 0 N–H and O–H groups in total. The van der Waals surface area contributed by atoms with Gasteiger partial charge in [-0.15, -0.1) is 0 Å². The summed E-state index contributed by atoms with van der Waals surface area (Å²) >= 11 is 6.45. The standard InChI is InChI=1S/C27H22ClN3O3S/c1-2-15-34-26-14-13-20(17-25(26)28)27-21(19-31(30-27)22-9-5-3-6-10-22)16-24(18-29)35(32,33)23-11-7-4-8-12-23/h3-14,16-17,19H,2,15H2,1H3. The van der Waals surface area contributed by atoms with Crippen molar-refractivity contribution in [3.8, 4) is 28.8 Å². The number of allylic oxidation sites excluding steroid dienone is 1. The fourth-order valence-corrected chi connectivity index (χ4v) is 4.85. The van der Waals surface area contributed by atoms with E-state index in [0.717, 1.165) is 12.1 Å². The van der Waals surface area contributed by atoms with Crippen LogP contribution in [0.5, 0.6) is 5.75 Å². The van der Waals surface area contributed by atoms with Crippen LogP contribution in [0.25, 0.3) is 23.0 Å². The molecule has 35 heavy (non-hydrogen) atoms. The molecule has 0 saturated carbocycles. The number of sulfone groups is 1. The fraction of sp³-hybridized carbons (Fsp3) is 0.111. The molecule has 0 bridgehead atoms. The monoisotopic (exact) mass is 503 g/mol. The van der Waals surface area contributed by atoms with Crippen molar-refractivity contribution in [2.45, 2.75) is 18.2 Å². The maximum absolute atomic E-state index is 13.1. The van der Waals surface area contributed by atoms with Crippen LogP contribution in [0.4, 0.5) is 0 Å². The first kappa shape index (κ1) is 24.3. The van der Waals surface area contributed by atoms with E-state index >= 15 is 0 Å². The van der Waals surface area contributed by atoms with Crippen LogP contribution in [0.1, 0.15) is 18.9 Å². The highest BCUT2D eigenvalue weighted by Gasteiger charge is 2.22. The molecule has 0 aliphatic carbocycles. The average Bonchev–Trinajstić information content (AvgIpc) is 3.31. The van der Waals surface area contributed by atoms with Crippen LogP contribution < -0.4 is 4.74 Å². The Balaban J connectivity index is 1.86. The summed E-state index contributed by atoms with van der Waals surface area (Å²) in [6, 6.07) is 24.4. The highest BCUT2D eigenvalue weighted by molar-refractivity contribution is 7.95.